The van der Waals surface area contributed by atoms with Gasteiger partial charge in [0, 0.05) is 20.3 Å². The minimum absolute atomic E-state index is 0.344. The van der Waals surface area contributed by atoms with E-state index in [0.717, 1.165) is 24.6 Å². The van der Waals surface area contributed by atoms with Crippen molar-refractivity contribution in [1.29, 1.82) is 0 Å². The Kier molecular flexibility index (Phi) is 4.88. The Bertz CT molecular complexity index is 469. The van der Waals surface area contributed by atoms with E-state index in [1.54, 1.807) is 14.0 Å². The molecule has 1 aliphatic carbocycles. The number of ether oxygens (including phenoxy) is 2. The van der Waals surface area contributed by atoms with Gasteiger partial charge in [0.1, 0.15) is 4.88 Å². The van der Waals surface area contributed by atoms with Crippen LogP contribution >= 0.6 is 11.3 Å². The van der Waals surface area contributed by atoms with Gasteiger partial charge in [-0.1, -0.05) is 0 Å². The normalized spacial score (nSPS) is 15.9. The van der Waals surface area contributed by atoms with Gasteiger partial charge in [0.25, 0.3) is 0 Å². The Morgan fingerprint density at radius 1 is 1.55 bits per heavy atom. The number of nitrogens with one attached hydrogen (secondary N) is 1. The molecule has 3 N–H and O–H groups in total. The third-order valence-corrected chi connectivity index (χ3v) is 4.74. The van der Waals surface area contributed by atoms with E-state index in [1.165, 1.54) is 24.2 Å². The van der Waals surface area contributed by atoms with Gasteiger partial charge in [-0.25, -0.2) is 4.79 Å². The molecule has 0 aliphatic heterocycles. The van der Waals surface area contributed by atoms with Gasteiger partial charge >= 0.3 is 5.97 Å². The van der Waals surface area contributed by atoms with Crippen molar-refractivity contribution >= 4 is 28.0 Å². The molecule has 112 valence electrons. The molecule has 1 aromatic heterocycles. The van der Waals surface area contributed by atoms with E-state index in [4.69, 9.17) is 15.2 Å². The maximum Gasteiger partial charge on any atom is 0.350 e. The van der Waals surface area contributed by atoms with Crippen LogP contribution in [0.1, 0.15) is 35.9 Å². The van der Waals surface area contributed by atoms with Gasteiger partial charge in [-0.3, -0.25) is 0 Å². The van der Waals surface area contributed by atoms with Gasteiger partial charge in [0.2, 0.25) is 0 Å². The summed E-state index contributed by atoms with van der Waals surface area (Å²) in [5.41, 5.74) is 6.70. The van der Waals surface area contributed by atoms with Crippen molar-refractivity contribution in [2.75, 3.05) is 37.9 Å². The highest BCUT2D eigenvalue weighted by Gasteiger charge is 2.41. The number of esters is 1. The molecule has 2 rings (SSSR count). The van der Waals surface area contributed by atoms with E-state index in [0.29, 0.717) is 22.6 Å². The maximum absolute atomic E-state index is 11.7. The largest absolute Gasteiger partial charge is 0.462 e. The minimum atomic E-state index is -0.344. The second-order valence-corrected chi connectivity index (χ2v) is 6.26. The van der Waals surface area contributed by atoms with Crippen LogP contribution < -0.4 is 11.1 Å². The number of nitrogen functional groups attached to an aromatic ring is 1. The highest BCUT2D eigenvalue weighted by molar-refractivity contribution is 7.18. The van der Waals surface area contributed by atoms with Crippen LogP contribution in [0.5, 0.6) is 0 Å². The van der Waals surface area contributed by atoms with Crippen LogP contribution in [-0.2, 0) is 9.47 Å². The number of anilines is 2. The first-order valence-electron chi connectivity index (χ1n) is 6.89. The molecule has 0 atom stereocenters. The molecule has 6 heteroatoms. The SMILES string of the molecule is CCOC(=O)c1sc(NCC2(CCOC)CC2)cc1N. The zero-order valence-electron chi connectivity index (χ0n) is 12.0. The monoisotopic (exact) mass is 298 g/mol. The van der Waals surface area contributed by atoms with Gasteiger partial charge in [-0.05, 0) is 37.7 Å². The van der Waals surface area contributed by atoms with Gasteiger partial charge in [0.15, 0.2) is 0 Å². The first-order chi connectivity index (χ1) is 9.60. The summed E-state index contributed by atoms with van der Waals surface area (Å²) in [4.78, 5) is 12.2. The second-order valence-electron chi connectivity index (χ2n) is 5.21. The first kappa shape index (κ1) is 15.1. The van der Waals surface area contributed by atoms with Crippen LogP contribution in [0.3, 0.4) is 0 Å². The molecule has 0 saturated heterocycles. The summed E-state index contributed by atoms with van der Waals surface area (Å²) in [5, 5.41) is 4.31. The molecular weight excluding hydrogens is 276 g/mol. The molecule has 5 nitrogen and oxygen atoms in total. The predicted octanol–water partition coefficient (Wildman–Crippen LogP) is 2.74. The molecule has 0 aromatic carbocycles. The van der Waals surface area contributed by atoms with E-state index in [2.05, 4.69) is 5.32 Å². The zero-order valence-corrected chi connectivity index (χ0v) is 12.8. The van der Waals surface area contributed by atoms with Crippen molar-refractivity contribution in [3.8, 4) is 0 Å². The number of carbonyl (C=O) groups excluding carboxylic acids is 1. The van der Waals surface area contributed by atoms with Crippen LogP contribution in [0, 0.1) is 5.41 Å². The minimum Gasteiger partial charge on any atom is -0.462 e. The molecule has 1 heterocycles. The molecule has 0 spiro atoms. The van der Waals surface area contributed by atoms with Gasteiger partial charge in [0.05, 0.1) is 17.3 Å². The van der Waals surface area contributed by atoms with Crippen molar-refractivity contribution < 1.29 is 14.3 Å². The molecule has 1 fully saturated rings. The summed E-state index contributed by atoms with van der Waals surface area (Å²) in [6.45, 7) is 3.84. The van der Waals surface area contributed by atoms with E-state index in [-0.39, 0.29) is 5.97 Å². The van der Waals surface area contributed by atoms with Crippen LogP contribution in [0.15, 0.2) is 6.07 Å². The van der Waals surface area contributed by atoms with E-state index in [9.17, 15) is 4.79 Å². The summed E-state index contributed by atoms with van der Waals surface area (Å²) >= 11 is 1.36. The van der Waals surface area contributed by atoms with E-state index in [1.807, 2.05) is 6.07 Å². The van der Waals surface area contributed by atoms with Gasteiger partial charge < -0.3 is 20.5 Å². The molecular formula is C14H22N2O3S. The third-order valence-electron chi connectivity index (χ3n) is 3.65. The molecule has 0 bridgehead atoms. The Balaban J connectivity index is 1.91. The smallest absolute Gasteiger partial charge is 0.350 e. The van der Waals surface area contributed by atoms with E-state index >= 15 is 0 Å². The molecule has 1 saturated carbocycles. The number of hydrogen-bond donors (Lipinski definition) is 2. The average molecular weight is 298 g/mol. The quantitative estimate of drug-likeness (QED) is 0.722. The molecule has 20 heavy (non-hydrogen) atoms. The first-order valence-corrected chi connectivity index (χ1v) is 7.71. The van der Waals surface area contributed by atoms with Crippen LogP contribution in [-0.4, -0.2) is 32.8 Å². The lowest BCUT2D eigenvalue weighted by Gasteiger charge is -2.15. The van der Waals surface area contributed by atoms with Crippen molar-refractivity contribution in [3.63, 3.8) is 0 Å². The summed E-state index contributed by atoms with van der Waals surface area (Å²) in [6, 6.07) is 1.81. The highest BCUT2D eigenvalue weighted by Crippen LogP contribution is 2.49. The number of hydrogen-bond acceptors (Lipinski definition) is 6. The number of thiophene rings is 1. The summed E-state index contributed by atoms with van der Waals surface area (Å²) < 4.78 is 10.1. The van der Waals surface area contributed by atoms with Crippen LogP contribution in [0.4, 0.5) is 10.7 Å². The molecule has 1 aromatic rings. The van der Waals surface area contributed by atoms with Gasteiger partial charge in [-0.2, -0.15) is 0 Å². The fourth-order valence-corrected chi connectivity index (χ4v) is 3.00. The molecule has 0 radical (unpaired) electrons. The lowest BCUT2D eigenvalue weighted by molar-refractivity contribution is 0.0533. The van der Waals surface area contributed by atoms with E-state index < -0.39 is 0 Å². The average Bonchev–Trinajstić information content (AvgIpc) is 3.10. The van der Waals surface area contributed by atoms with Crippen molar-refractivity contribution in [3.05, 3.63) is 10.9 Å². The summed E-state index contributed by atoms with van der Waals surface area (Å²) in [7, 11) is 1.73. The summed E-state index contributed by atoms with van der Waals surface area (Å²) in [6.07, 6.45) is 3.53. The number of carbonyl (C=O) groups is 1. The fraction of sp³-hybridized carbons (Fsp3) is 0.643. The zero-order chi connectivity index (χ0) is 14.6. The Hall–Kier alpha value is -1.27. The number of rotatable bonds is 8. The Labute approximate surface area is 123 Å². The third kappa shape index (κ3) is 3.64. The van der Waals surface area contributed by atoms with Gasteiger partial charge in [-0.15, -0.1) is 11.3 Å². The van der Waals surface area contributed by atoms with Crippen molar-refractivity contribution in [2.45, 2.75) is 26.2 Å². The number of nitrogens with two attached hydrogens (primary N) is 1. The lowest BCUT2D eigenvalue weighted by Crippen LogP contribution is -2.16. The Morgan fingerprint density at radius 2 is 2.30 bits per heavy atom. The molecule has 1 aliphatic rings. The fourth-order valence-electron chi connectivity index (χ4n) is 2.13. The van der Waals surface area contributed by atoms with Crippen LogP contribution in [0.2, 0.25) is 0 Å². The Morgan fingerprint density at radius 3 is 2.90 bits per heavy atom. The standard InChI is InChI=1S/C14H22N2O3S/c1-3-19-13(17)12-10(15)8-11(20-12)16-9-14(4-5-14)6-7-18-2/h8,16H,3-7,9,15H2,1-2H3. The molecule has 0 unspecified atom stereocenters. The van der Waals surface area contributed by atoms with Crippen LogP contribution in [0.25, 0.3) is 0 Å². The topological polar surface area (TPSA) is 73.6 Å². The highest BCUT2D eigenvalue weighted by atomic mass is 32.1. The lowest BCUT2D eigenvalue weighted by atomic mass is 10.0. The second kappa shape index (κ2) is 6.45. The predicted molar refractivity (Wildman–Crippen MR) is 81.3 cm³/mol. The molecule has 0 amide bonds. The number of methoxy groups -OCH3 is 1. The summed E-state index contributed by atoms with van der Waals surface area (Å²) in [5.74, 6) is -0.344. The van der Waals surface area contributed by atoms with Crippen molar-refractivity contribution in [2.24, 2.45) is 5.41 Å². The maximum atomic E-state index is 11.7. The van der Waals surface area contributed by atoms with Crippen molar-refractivity contribution in [1.82, 2.24) is 0 Å².